The molecular weight excluding hydrogens is 258 g/mol. The van der Waals surface area contributed by atoms with Crippen molar-refractivity contribution in [3.63, 3.8) is 0 Å². The molecule has 0 spiro atoms. The number of rotatable bonds is 1. The molecule has 1 aliphatic rings. The smallest absolute Gasteiger partial charge is 0.144 e. The molecule has 0 aliphatic heterocycles. The highest BCUT2D eigenvalue weighted by Gasteiger charge is 2.31. The molecule has 3 nitrogen and oxygen atoms in total. The van der Waals surface area contributed by atoms with Gasteiger partial charge in [-0.25, -0.2) is 15.0 Å². The summed E-state index contributed by atoms with van der Waals surface area (Å²) in [6, 6.07) is 17.0. The van der Waals surface area contributed by atoms with Crippen molar-refractivity contribution < 1.29 is 0 Å². The maximum absolute atomic E-state index is 4.59. The monoisotopic (exact) mass is 273 g/mol. The molecule has 0 amide bonds. The SMILES string of the molecule is Cc1nc(C)nc(C2c3ccccc3-c3ccccc32)n1. The van der Waals surface area contributed by atoms with Crippen molar-refractivity contribution in [1.29, 1.82) is 0 Å². The molecule has 1 heterocycles. The van der Waals surface area contributed by atoms with E-state index in [1.165, 1.54) is 22.3 Å². The molecule has 1 aromatic heterocycles. The normalized spacial score (nSPS) is 13.0. The number of fused-ring (bicyclic) bond motifs is 3. The van der Waals surface area contributed by atoms with Crippen molar-refractivity contribution in [3.05, 3.63) is 77.1 Å². The zero-order valence-corrected chi connectivity index (χ0v) is 12.0. The number of hydrogen-bond donors (Lipinski definition) is 0. The van der Waals surface area contributed by atoms with E-state index in [2.05, 4.69) is 63.5 Å². The first-order valence-corrected chi connectivity index (χ1v) is 7.11. The first kappa shape index (κ1) is 12.2. The van der Waals surface area contributed by atoms with Gasteiger partial charge in [-0.3, -0.25) is 0 Å². The molecule has 3 heteroatoms. The van der Waals surface area contributed by atoms with Crippen LogP contribution in [0.15, 0.2) is 48.5 Å². The maximum Gasteiger partial charge on any atom is 0.144 e. The molecule has 1 aliphatic carbocycles. The van der Waals surface area contributed by atoms with Gasteiger partial charge < -0.3 is 0 Å². The van der Waals surface area contributed by atoms with Crippen molar-refractivity contribution in [1.82, 2.24) is 15.0 Å². The van der Waals surface area contributed by atoms with Gasteiger partial charge in [0.25, 0.3) is 0 Å². The second kappa shape index (κ2) is 4.48. The fourth-order valence-corrected chi connectivity index (χ4v) is 3.20. The number of nitrogens with zero attached hydrogens (tertiary/aromatic N) is 3. The Balaban J connectivity index is 2.00. The summed E-state index contributed by atoms with van der Waals surface area (Å²) in [5.74, 6) is 2.51. The largest absolute Gasteiger partial charge is 0.219 e. The second-order valence-electron chi connectivity index (χ2n) is 5.40. The van der Waals surface area contributed by atoms with Crippen LogP contribution in [-0.2, 0) is 0 Å². The van der Waals surface area contributed by atoms with Crippen LogP contribution >= 0.6 is 0 Å². The van der Waals surface area contributed by atoms with E-state index in [1.807, 2.05) is 13.8 Å². The van der Waals surface area contributed by atoms with Crippen LogP contribution in [0.4, 0.5) is 0 Å². The van der Waals surface area contributed by atoms with E-state index in [-0.39, 0.29) is 5.92 Å². The Kier molecular flexibility index (Phi) is 2.61. The molecule has 0 N–H and O–H groups in total. The molecule has 3 aromatic rings. The quantitative estimate of drug-likeness (QED) is 0.531. The maximum atomic E-state index is 4.59. The lowest BCUT2D eigenvalue weighted by Gasteiger charge is -2.13. The van der Waals surface area contributed by atoms with Gasteiger partial charge in [-0.2, -0.15) is 0 Å². The highest BCUT2D eigenvalue weighted by molar-refractivity contribution is 5.79. The van der Waals surface area contributed by atoms with Crippen LogP contribution in [-0.4, -0.2) is 15.0 Å². The summed E-state index contributed by atoms with van der Waals surface area (Å²) < 4.78 is 0. The second-order valence-corrected chi connectivity index (χ2v) is 5.40. The van der Waals surface area contributed by atoms with Crippen LogP contribution in [0.5, 0.6) is 0 Å². The van der Waals surface area contributed by atoms with Crippen LogP contribution < -0.4 is 0 Å². The molecule has 0 radical (unpaired) electrons. The Morgan fingerprint density at radius 2 is 1.14 bits per heavy atom. The Labute approximate surface area is 123 Å². The van der Waals surface area contributed by atoms with Crippen molar-refractivity contribution in [3.8, 4) is 11.1 Å². The Bertz CT molecular complexity index is 774. The lowest BCUT2D eigenvalue weighted by Crippen LogP contribution is -2.09. The van der Waals surface area contributed by atoms with E-state index in [0.29, 0.717) is 0 Å². The predicted octanol–water partition coefficient (Wildman–Crippen LogP) is 3.65. The van der Waals surface area contributed by atoms with E-state index < -0.39 is 0 Å². The van der Waals surface area contributed by atoms with E-state index in [9.17, 15) is 0 Å². The van der Waals surface area contributed by atoms with Gasteiger partial charge in [0.05, 0.1) is 5.92 Å². The lowest BCUT2D eigenvalue weighted by molar-refractivity contribution is 0.797. The number of aromatic nitrogens is 3. The Hall–Kier alpha value is -2.55. The summed E-state index contributed by atoms with van der Waals surface area (Å²) >= 11 is 0. The van der Waals surface area contributed by atoms with Gasteiger partial charge in [0.15, 0.2) is 0 Å². The van der Waals surface area contributed by atoms with Gasteiger partial charge in [0, 0.05) is 0 Å². The van der Waals surface area contributed by atoms with Crippen LogP contribution in [0.3, 0.4) is 0 Å². The predicted molar refractivity (Wildman–Crippen MR) is 82.1 cm³/mol. The molecule has 0 saturated heterocycles. The highest BCUT2D eigenvalue weighted by atomic mass is 15.0. The molecule has 21 heavy (non-hydrogen) atoms. The first-order valence-electron chi connectivity index (χ1n) is 7.11. The molecule has 0 saturated carbocycles. The summed E-state index contributed by atoms with van der Waals surface area (Å²) in [6.45, 7) is 3.84. The number of hydrogen-bond acceptors (Lipinski definition) is 3. The zero-order valence-electron chi connectivity index (χ0n) is 12.0. The number of aryl methyl sites for hydroxylation is 2. The lowest BCUT2D eigenvalue weighted by atomic mass is 9.96. The average Bonchev–Trinajstić information content (AvgIpc) is 2.81. The molecule has 2 aromatic carbocycles. The molecule has 4 rings (SSSR count). The average molecular weight is 273 g/mol. The van der Waals surface area contributed by atoms with E-state index in [1.54, 1.807) is 0 Å². The minimum absolute atomic E-state index is 0.109. The molecule has 0 atom stereocenters. The molecule has 0 bridgehead atoms. The number of benzene rings is 2. The molecular formula is C18H15N3. The van der Waals surface area contributed by atoms with Gasteiger partial charge >= 0.3 is 0 Å². The summed E-state index contributed by atoms with van der Waals surface area (Å²) in [5.41, 5.74) is 5.13. The third kappa shape index (κ3) is 1.85. The Morgan fingerprint density at radius 1 is 0.667 bits per heavy atom. The third-order valence-corrected chi connectivity index (χ3v) is 3.97. The van der Waals surface area contributed by atoms with Gasteiger partial charge in [0.1, 0.15) is 17.5 Å². The van der Waals surface area contributed by atoms with Crippen molar-refractivity contribution in [2.45, 2.75) is 19.8 Å². The fraction of sp³-hybridized carbons (Fsp3) is 0.167. The van der Waals surface area contributed by atoms with Gasteiger partial charge in [-0.15, -0.1) is 0 Å². The summed E-state index contributed by atoms with van der Waals surface area (Å²) in [7, 11) is 0. The molecule has 0 unspecified atom stereocenters. The van der Waals surface area contributed by atoms with Crippen LogP contribution in [0.25, 0.3) is 11.1 Å². The van der Waals surface area contributed by atoms with Crippen LogP contribution in [0, 0.1) is 13.8 Å². The van der Waals surface area contributed by atoms with Gasteiger partial charge in [-0.1, -0.05) is 48.5 Å². The summed E-state index contributed by atoms with van der Waals surface area (Å²) in [6.07, 6.45) is 0. The summed E-state index contributed by atoms with van der Waals surface area (Å²) in [4.78, 5) is 13.5. The minimum atomic E-state index is 0.109. The van der Waals surface area contributed by atoms with Gasteiger partial charge in [-0.05, 0) is 36.1 Å². The highest BCUT2D eigenvalue weighted by Crippen LogP contribution is 2.46. The van der Waals surface area contributed by atoms with Crippen LogP contribution in [0.2, 0.25) is 0 Å². The van der Waals surface area contributed by atoms with Crippen molar-refractivity contribution >= 4 is 0 Å². The van der Waals surface area contributed by atoms with E-state index >= 15 is 0 Å². The molecule has 102 valence electrons. The zero-order chi connectivity index (χ0) is 14.4. The van der Waals surface area contributed by atoms with Crippen LogP contribution in [0.1, 0.15) is 34.5 Å². The Morgan fingerprint density at radius 3 is 1.67 bits per heavy atom. The molecule has 0 fully saturated rings. The van der Waals surface area contributed by atoms with Gasteiger partial charge in [0.2, 0.25) is 0 Å². The van der Waals surface area contributed by atoms with Crippen molar-refractivity contribution in [2.75, 3.05) is 0 Å². The first-order chi connectivity index (χ1) is 10.2. The standard InChI is InChI=1S/C18H15N3/c1-11-19-12(2)21-18(20-11)17-15-9-5-3-7-13(15)14-8-4-6-10-16(14)17/h3-10,17H,1-2H3. The van der Waals surface area contributed by atoms with E-state index in [0.717, 1.165) is 17.5 Å². The van der Waals surface area contributed by atoms with Crippen molar-refractivity contribution in [2.24, 2.45) is 0 Å². The fourth-order valence-electron chi connectivity index (χ4n) is 3.20. The third-order valence-electron chi connectivity index (χ3n) is 3.97. The summed E-state index contributed by atoms with van der Waals surface area (Å²) in [5, 5.41) is 0. The minimum Gasteiger partial charge on any atom is -0.219 e. The topological polar surface area (TPSA) is 38.7 Å². The van der Waals surface area contributed by atoms with E-state index in [4.69, 9.17) is 0 Å².